The number of nitrogens with zero attached hydrogens (tertiary/aromatic N) is 3. The lowest BCUT2D eigenvalue weighted by Crippen LogP contribution is -2.41. The molecule has 5 rings (SSSR count). The van der Waals surface area contributed by atoms with Crippen molar-refractivity contribution in [2.45, 2.75) is 17.7 Å². The number of carbonyl (C=O) groups excluding carboxylic acids is 2. The van der Waals surface area contributed by atoms with Gasteiger partial charge in [0.15, 0.2) is 0 Å². The summed E-state index contributed by atoms with van der Waals surface area (Å²) in [5.74, 6) is -0.276. The number of nitrogens with one attached hydrogen (secondary N) is 1. The lowest BCUT2D eigenvalue weighted by Gasteiger charge is -2.32. The Labute approximate surface area is 191 Å². The zero-order valence-electron chi connectivity index (χ0n) is 17.8. The number of carbonyl (C=O) groups is 2. The molecular weight excluding hydrogens is 442 g/mol. The van der Waals surface area contributed by atoms with Crippen molar-refractivity contribution in [2.75, 3.05) is 34.2 Å². The van der Waals surface area contributed by atoms with Crippen molar-refractivity contribution >= 4 is 49.8 Å². The number of primary amides is 1. The molecule has 2 aliphatic heterocycles. The molecule has 2 aliphatic rings. The van der Waals surface area contributed by atoms with Crippen molar-refractivity contribution in [3.8, 4) is 0 Å². The molecular formula is C23H23N5O4S. The van der Waals surface area contributed by atoms with Crippen molar-refractivity contribution in [2.24, 2.45) is 11.7 Å². The van der Waals surface area contributed by atoms with E-state index in [1.165, 1.54) is 6.20 Å². The van der Waals surface area contributed by atoms with Crippen LogP contribution < -0.4 is 20.3 Å². The first-order valence-electron chi connectivity index (χ1n) is 10.7. The topological polar surface area (TPSA) is 126 Å². The van der Waals surface area contributed by atoms with Gasteiger partial charge in [-0.3, -0.25) is 13.9 Å². The molecule has 3 N–H and O–H groups in total. The van der Waals surface area contributed by atoms with Gasteiger partial charge in [0.25, 0.3) is 10.0 Å². The lowest BCUT2D eigenvalue weighted by atomic mass is 9.97. The van der Waals surface area contributed by atoms with Crippen LogP contribution in [0, 0.1) is 5.92 Å². The molecule has 33 heavy (non-hydrogen) atoms. The molecule has 10 heteroatoms. The van der Waals surface area contributed by atoms with Crippen LogP contribution in [0.5, 0.6) is 0 Å². The number of hydrogen-bond acceptors (Lipinski definition) is 6. The standard InChI is InChI=1S/C23H23N5O4S/c24-23(30)16-6-3-11-27(13-16)20-10-9-17(12-25-20)26-21(29)14-28-18-7-1-4-15-5-2-8-19(22(15)18)33(28,31)32/h1-2,4-5,7-10,12,16H,3,6,11,13-14H2,(H2,24,30)(H,26,29). The zero-order valence-corrected chi connectivity index (χ0v) is 18.6. The van der Waals surface area contributed by atoms with E-state index in [-0.39, 0.29) is 23.3 Å². The number of nitrogens with two attached hydrogens (primary N) is 1. The highest BCUT2D eigenvalue weighted by Crippen LogP contribution is 2.41. The molecule has 0 spiro atoms. The maximum Gasteiger partial charge on any atom is 0.265 e. The quantitative estimate of drug-likeness (QED) is 0.594. The van der Waals surface area contributed by atoms with Crippen molar-refractivity contribution in [1.82, 2.24) is 4.98 Å². The van der Waals surface area contributed by atoms with Gasteiger partial charge in [-0.15, -0.1) is 0 Å². The van der Waals surface area contributed by atoms with Crippen LogP contribution in [0.25, 0.3) is 10.8 Å². The average molecular weight is 466 g/mol. The van der Waals surface area contributed by atoms with Crippen LogP contribution in [0.15, 0.2) is 59.6 Å². The first-order valence-corrected chi connectivity index (χ1v) is 12.1. The van der Waals surface area contributed by atoms with E-state index in [0.29, 0.717) is 29.1 Å². The van der Waals surface area contributed by atoms with Crippen LogP contribution in [0.3, 0.4) is 0 Å². The molecule has 2 aromatic carbocycles. The monoisotopic (exact) mass is 465 g/mol. The van der Waals surface area contributed by atoms with Gasteiger partial charge in [0.05, 0.1) is 28.4 Å². The summed E-state index contributed by atoms with van der Waals surface area (Å²) in [7, 11) is -3.81. The van der Waals surface area contributed by atoms with Gasteiger partial charge in [0.2, 0.25) is 11.8 Å². The van der Waals surface area contributed by atoms with Crippen LogP contribution in [0.2, 0.25) is 0 Å². The molecule has 1 saturated heterocycles. The second kappa shape index (κ2) is 8.04. The van der Waals surface area contributed by atoms with Gasteiger partial charge in [-0.05, 0) is 42.5 Å². The summed E-state index contributed by atoms with van der Waals surface area (Å²) in [4.78, 5) is 30.8. The highest BCUT2D eigenvalue weighted by atomic mass is 32.2. The zero-order chi connectivity index (χ0) is 23.2. The summed E-state index contributed by atoms with van der Waals surface area (Å²) >= 11 is 0. The van der Waals surface area contributed by atoms with Gasteiger partial charge in [0, 0.05) is 18.5 Å². The number of benzene rings is 2. The number of rotatable bonds is 5. The number of piperidine rings is 1. The van der Waals surface area contributed by atoms with Crippen LogP contribution in [-0.4, -0.2) is 44.9 Å². The van der Waals surface area contributed by atoms with Gasteiger partial charge in [-0.2, -0.15) is 0 Å². The Kier molecular flexibility index (Phi) is 5.16. The summed E-state index contributed by atoms with van der Waals surface area (Å²) in [6, 6.07) is 13.9. The van der Waals surface area contributed by atoms with Crippen LogP contribution in [0.4, 0.5) is 17.2 Å². The van der Waals surface area contributed by atoms with E-state index in [1.807, 2.05) is 17.0 Å². The molecule has 1 aromatic heterocycles. The minimum absolute atomic E-state index is 0.198. The Bertz CT molecular complexity index is 1350. The van der Waals surface area contributed by atoms with Gasteiger partial charge in [-0.25, -0.2) is 13.4 Å². The Morgan fingerprint density at radius 1 is 1.12 bits per heavy atom. The van der Waals surface area contributed by atoms with E-state index >= 15 is 0 Å². The number of hydrogen-bond donors (Lipinski definition) is 2. The molecule has 2 amide bonds. The molecule has 0 aliphatic carbocycles. The predicted molar refractivity (Wildman–Crippen MR) is 125 cm³/mol. The van der Waals surface area contributed by atoms with Gasteiger partial charge in [0.1, 0.15) is 12.4 Å². The summed E-state index contributed by atoms with van der Waals surface area (Å²) in [5.41, 5.74) is 6.40. The summed E-state index contributed by atoms with van der Waals surface area (Å²) in [5, 5.41) is 4.17. The minimum Gasteiger partial charge on any atom is -0.369 e. The fourth-order valence-corrected chi connectivity index (χ4v) is 6.19. The Hall–Kier alpha value is -3.66. The normalized spacial score (nSPS) is 19.0. The molecule has 1 unspecified atom stereocenters. The maximum absolute atomic E-state index is 13.0. The summed E-state index contributed by atoms with van der Waals surface area (Å²) < 4.78 is 27.2. The summed E-state index contributed by atoms with van der Waals surface area (Å²) in [6.07, 6.45) is 3.15. The van der Waals surface area contributed by atoms with E-state index in [1.54, 1.807) is 36.4 Å². The van der Waals surface area contributed by atoms with Crippen LogP contribution in [-0.2, 0) is 19.6 Å². The highest BCUT2D eigenvalue weighted by molar-refractivity contribution is 7.93. The van der Waals surface area contributed by atoms with E-state index < -0.39 is 15.9 Å². The van der Waals surface area contributed by atoms with Crippen LogP contribution >= 0.6 is 0 Å². The van der Waals surface area contributed by atoms with E-state index in [0.717, 1.165) is 29.1 Å². The SMILES string of the molecule is NC(=O)C1CCCN(c2ccc(NC(=O)CN3c4cccc5cccc(c45)S3(=O)=O)cn2)C1. The number of pyridine rings is 1. The van der Waals surface area contributed by atoms with E-state index in [4.69, 9.17) is 5.73 Å². The Morgan fingerprint density at radius 3 is 2.64 bits per heavy atom. The molecule has 0 saturated carbocycles. The third-order valence-electron chi connectivity index (χ3n) is 6.15. The van der Waals surface area contributed by atoms with Crippen LogP contribution in [0.1, 0.15) is 12.8 Å². The minimum atomic E-state index is -3.81. The number of aromatic nitrogens is 1. The highest BCUT2D eigenvalue weighted by Gasteiger charge is 2.36. The first-order chi connectivity index (χ1) is 15.8. The maximum atomic E-state index is 13.0. The van der Waals surface area contributed by atoms with Gasteiger partial charge < -0.3 is 16.0 Å². The third-order valence-corrected chi connectivity index (χ3v) is 7.95. The number of anilines is 3. The fraction of sp³-hybridized carbons (Fsp3) is 0.261. The smallest absolute Gasteiger partial charge is 0.265 e. The second-order valence-corrected chi connectivity index (χ2v) is 10.1. The van der Waals surface area contributed by atoms with Crippen molar-refractivity contribution in [3.05, 3.63) is 54.7 Å². The number of sulfonamides is 1. The van der Waals surface area contributed by atoms with Crippen molar-refractivity contribution in [3.63, 3.8) is 0 Å². The number of amides is 2. The van der Waals surface area contributed by atoms with Gasteiger partial charge >= 0.3 is 0 Å². The lowest BCUT2D eigenvalue weighted by molar-refractivity contribution is -0.122. The first kappa shape index (κ1) is 21.2. The Balaban J connectivity index is 1.29. The van der Waals surface area contributed by atoms with E-state index in [9.17, 15) is 18.0 Å². The Morgan fingerprint density at radius 2 is 1.91 bits per heavy atom. The molecule has 9 nitrogen and oxygen atoms in total. The molecule has 1 fully saturated rings. The molecule has 3 aromatic rings. The second-order valence-electron chi connectivity index (χ2n) is 8.28. The van der Waals surface area contributed by atoms with Crippen molar-refractivity contribution < 1.29 is 18.0 Å². The van der Waals surface area contributed by atoms with Gasteiger partial charge in [-0.1, -0.05) is 24.3 Å². The predicted octanol–water partition coefficient (Wildman–Crippen LogP) is 2.08. The van der Waals surface area contributed by atoms with Crippen molar-refractivity contribution in [1.29, 1.82) is 0 Å². The molecule has 170 valence electrons. The molecule has 0 bridgehead atoms. The molecule has 0 radical (unpaired) electrons. The molecule has 3 heterocycles. The fourth-order valence-electron chi connectivity index (χ4n) is 4.52. The van der Waals surface area contributed by atoms with E-state index in [2.05, 4.69) is 10.3 Å². The average Bonchev–Trinajstić information content (AvgIpc) is 3.03. The largest absolute Gasteiger partial charge is 0.369 e. The third kappa shape index (κ3) is 3.76. The molecule has 1 atom stereocenters. The summed E-state index contributed by atoms with van der Waals surface area (Å²) in [6.45, 7) is 0.957.